The van der Waals surface area contributed by atoms with E-state index in [1.165, 1.54) is 17.0 Å². The lowest BCUT2D eigenvalue weighted by Gasteiger charge is -2.28. The Balaban J connectivity index is 3.29. The number of anilines is 1. The summed E-state index contributed by atoms with van der Waals surface area (Å²) in [5.41, 5.74) is -4.21. The van der Waals surface area contributed by atoms with Crippen molar-refractivity contribution in [3.8, 4) is 0 Å². The Bertz CT molecular complexity index is 576. The monoisotopic (exact) mass is 353 g/mol. The van der Waals surface area contributed by atoms with Crippen LogP contribution < -0.4 is 4.90 Å². The molecule has 0 aliphatic rings. The van der Waals surface area contributed by atoms with Gasteiger partial charge in [0, 0.05) is 17.8 Å². The van der Waals surface area contributed by atoms with Gasteiger partial charge in [-0.1, -0.05) is 12.1 Å². The van der Waals surface area contributed by atoms with Crippen LogP contribution in [0.15, 0.2) is 24.3 Å². The molecule has 5 nitrogen and oxygen atoms in total. The van der Waals surface area contributed by atoms with Crippen LogP contribution in [0, 0.1) is 0 Å². The summed E-state index contributed by atoms with van der Waals surface area (Å²) < 4.78 is 43.4. The van der Waals surface area contributed by atoms with Crippen molar-refractivity contribution in [2.45, 2.75) is 18.7 Å². The van der Waals surface area contributed by atoms with Crippen molar-refractivity contribution in [3.05, 3.63) is 29.8 Å². The van der Waals surface area contributed by atoms with E-state index < -0.39 is 29.2 Å². The van der Waals surface area contributed by atoms with Crippen molar-refractivity contribution in [1.82, 2.24) is 0 Å². The number of aliphatic hydroxyl groups is 1. The third kappa shape index (κ3) is 3.59. The highest BCUT2D eigenvalue weighted by atomic mass is 35.5. The number of alkyl halides is 4. The van der Waals surface area contributed by atoms with Crippen LogP contribution in [0.2, 0.25) is 0 Å². The molecule has 0 aliphatic heterocycles. The normalized spacial score (nSPS) is 14.0. The van der Waals surface area contributed by atoms with Crippen LogP contribution in [-0.4, -0.2) is 42.7 Å². The molecule has 0 fully saturated rings. The zero-order chi connectivity index (χ0) is 17.8. The zero-order valence-corrected chi connectivity index (χ0v) is 13.1. The molecule has 0 aliphatic carbocycles. The van der Waals surface area contributed by atoms with Gasteiger partial charge in [0.2, 0.25) is 5.91 Å². The van der Waals surface area contributed by atoms with Gasteiger partial charge in [0.05, 0.1) is 7.11 Å². The average molecular weight is 354 g/mol. The summed E-state index contributed by atoms with van der Waals surface area (Å²) in [4.78, 5) is 24.3. The molecular weight excluding hydrogens is 339 g/mol. The molecule has 0 aromatic heterocycles. The molecule has 128 valence electrons. The number of hydrogen-bond acceptors (Lipinski definition) is 4. The van der Waals surface area contributed by atoms with E-state index in [1.807, 2.05) is 0 Å². The van der Waals surface area contributed by atoms with Gasteiger partial charge < -0.3 is 14.7 Å². The summed E-state index contributed by atoms with van der Waals surface area (Å²) in [6.45, 7) is 1.92. The van der Waals surface area contributed by atoms with E-state index in [0.29, 0.717) is 0 Å². The fourth-order valence-corrected chi connectivity index (χ4v) is 2.15. The minimum atomic E-state index is -5.27. The second-order valence-electron chi connectivity index (χ2n) is 4.52. The first-order valence-corrected chi connectivity index (χ1v) is 7.01. The molecule has 0 spiro atoms. The lowest BCUT2D eigenvalue weighted by Crippen LogP contribution is -2.49. The highest BCUT2D eigenvalue weighted by Gasteiger charge is 2.62. The van der Waals surface area contributed by atoms with Gasteiger partial charge in [-0.15, -0.1) is 11.6 Å². The molecule has 0 heterocycles. The zero-order valence-electron chi connectivity index (χ0n) is 12.4. The standard InChI is InChI=1S/C14H15ClF3NO4/c1-3-19(11(20)8-15)10-6-4-9(5-7-10)13(22,12(21)23-2)14(16,17)18/h4-7,22H,3,8H2,1-2H3/t13-/m1/s1. The maximum atomic E-state index is 13.1. The molecule has 0 saturated heterocycles. The lowest BCUT2D eigenvalue weighted by molar-refractivity contribution is -0.266. The number of amides is 1. The highest BCUT2D eigenvalue weighted by molar-refractivity contribution is 6.29. The van der Waals surface area contributed by atoms with Crippen molar-refractivity contribution in [2.24, 2.45) is 0 Å². The maximum absolute atomic E-state index is 13.1. The second kappa shape index (κ2) is 7.18. The molecule has 1 aromatic rings. The Hall–Kier alpha value is -1.80. The maximum Gasteiger partial charge on any atom is 0.432 e. The molecule has 0 radical (unpaired) electrons. The number of nitrogens with zero attached hydrogens (tertiary/aromatic N) is 1. The van der Waals surface area contributed by atoms with Gasteiger partial charge in [-0.3, -0.25) is 4.79 Å². The molecule has 1 atom stereocenters. The van der Waals surface area contributed by atoms with Crippen molar-refractivity contribution in [1.29, 1.82) is 0 Å². The topological polar surface area (TPSA) is 66.8 Å². The Morgan fingerprint density at radius 1 is 1.26 bits per heavy atom. The SMILES string of the molecule is CCN(C(=O)CCl)c1ccc([C@@](O)(C(=O)OC)C(F)(F)F)cc1. The van der Waals surface area contributed by atoms with Crippen LogP contribution in [-0.2, 0) is 19.9 Å². The Labute approximate surface area is 135 Å². The van der Waals surface area contributed by atoms with E-state index in [4.69, 9.17) is 11.6 Å². The van der Waals surface area contributed by atoms with Gasteiger partial charge in [-0.05, 0) is 19.1 Å². The van der Waals surface area contributed by atoms with Crippen LogP contribution in [0.3, 0.4) is 0 Å². The quantitative estimate of drug-likeness (QED) is 0.651. The van der Waals surface area contributed by atoms with Crippen LogP contribution in [0.1, 0.15) is 12.5 Å². The lowest BCUT2D eigenvalue weighted by atomic mass is 9.93. The number of benzene rings is 1. The van der Waals surface area contributed by atoms with Gasteiger partial charge in [-0.25, -0.2) is 4.79 Å². The number of carbonyl (C=O) groups is 2. The minimum Gasteiger partial charge on any atom is -0.466 e. The van der Waals surface area contributed by atoms with Crippen LogP contribution >= 0.6 is 11.6 Å². The van der Waals surface area contributed by atoms with Crippen molar-refractivity contribution < 1.29 is 32.6 Å². The first kappa shape index (κ1) is 19.2. The van der Waals surface area contributed by atoms with Crippen LogP contribution in [0.25, 0.3) is 0 Å². The summed E-state index contributed by atoms with van der Waals surface area (Å²) in [7, 11) is 0.741. The molecule has 1 N–H and O–H groups in total. The highest BCUT2D eigenvalue weighted by Crippen LogP contribution is 2.40. The Morgan fingerprint density at radius 3 is 2.13 bits per heavy atom. The van der Waals surface area contributed by atoms with E-state index in [1.54, 1.807) is 6.92 Å². The van der Waals surface area contributed by atoms with Gasteiger partial charge in [0.1, 0.15) is 5.88 Å². The fourth-order valence-electron chi connectivity index (χ4n) is 2.00. The number of methoxy groups -OCH3 is 1. The molecular formula is C14H15ClF3NO4. The predicted molar refractivity (Wildman–Crippen MR) is 77.2 cm³/mol. The molecule has 1 amide bonds. The van der Waals surface area contributed by atoms with Gasteiger partial charge in [0.25, 0.3) is 5.60 Å². The van der Waals surface area contributed by atoms with Crippen LogP contribution in [0.4, 0.5) is 18.9 Å². The summed E-state index contributed by atoms with van der Waals surface area (Å²) in [5, 5.41) is 9.83. The van der Waals surface area contributed by atoms with Gasteiger partial charge in [-0.2, -0.15) is 13.2 Å². The molecule has 0 saturated carbocycles. The predicted octanol–water partition coefficient (Wildman–Crippen LogP) is 2.20. The number of hydrogen-bond donors (Lipinski definition) is 1. The third-order valence-corrected chi connectivity index (χ3v) is 3.45. The molecule has 0 unspecified atom stereocenters. The summed E-state index contributed by atoms with van der Waals surface area (Å²) in [6, 6.07) is 4.18. The number of halogens is 4. The minimum absolute atomic E-state index is 0.255. The number of ether oxygens (including phenoxy) is 1. The molecule has 9 heteroatoms. The summed E-state index contributed by atoms with van der Waals surface area (Å²) >= 11 is 5.46. The van der Waals surface area contributed by atoms with E-state index >= 15 is 0 Å². The Morgan fingerprint density at radius 2 is 1.78 bits per heavy atom. The number of rotatable bonds is 5. The first-order chi connectivity index (χ1) is 10.6. The molecule has 0 bridgehead atoms. The van der Waals surface area contributed by atoms with E-state index in [9.17, 15) is 27.9 Å². The Kier molecular flexibility index (Phi) is 6.01. The average Bonchev–Trinajstić information content (AvgIpc) is 2.53. The first-order valence-electron chi connectivity index (χ1n) is 6.47. The van der Waals surface area contributed by atoms with E-state index in [0.717, 1.165) is 19.2 Å². The summed E-state index contributed by atoms with van der Waals surface area (Å²) in [5.74, 6) is -2.56. The second-order valence-corrected chi connectivity index (χ2v) is 4.79. The van der Waals surface area contributed by atoms with Crippen molar-refractivity contribution in [3.63, 3.8) is 0 Å². The van der Waals surface area contributed by atoms with E-state index in [2.05, 4.69) is 4.74 Å². The van der Waals surface area contributed by atoms with E-state index in [-0.39, 0.29) is 18.1 Å². The molecule has 1 rings (SSSR count). The van der Waals surface area contributed by atoms with Crippen LogP contribution in [0.5, 0.6) is 0 Å². The largest absolute Gasteiger partial charge is 0.466 e. The summed E-state index contributed by atoms with van der Waals surface area (Å²) in [6.07, 6.45) is -5.27. The van der Waals surface area contributed by atoms with Gasteiger partial charge >= 0.3 is 12.1 Å². The molecule has 23 heavy (non-hydrogen) atoms. The van der Waals surface area contributed by atoms with Crippen molar-refractivity contribution in [2.75, 3.05) is 24.4 Å². The number of esters is 1. The number of carbonyl (C=O) groups excluding carboxylic acids is 2. The smallest absolute Gasteiger partial charge is 0.432 e. The van der Waals surface area contributed by atoms with Crippen molar-refractivity contribution >= 4 is 29.2 Å². The third-order valence-electron chi connectivity index (χ3n) is 3.22. The molecule has 1 aromatic carbocycles. The fraction of sp³-hybridized carbons (Fsp3) is 0.429. The van der Waals surface area contributed by atoms with Gasteiger partial charge in [0.15, 0.2) is 0 Å².